The molecule has 7 nitrogen and oxygen atoms in total. The van der Waals surface area contributed by atoms with Crippen molar-refractivity contribution in [2.75, 3.05) is 11.9 Å². The molecule has 3 N–H and O–H groups in total. The quantitative estimate of drug-likeness (QED) is 0.526. The number of aromatic nitrogens is 2. The molecule has 0 unspecified atom stereocenters. The van der Waals surface area contributed by atoms with E-state index < -0.39 is 0 Å². The minimum atomic E-state index is -0.195. The summed E-state index contributed by atoms with van der Waals surface area (Å²) >= 11 is 0. The highest BCUT2D eigenvalue weighted by atomic mass is 16.2. The van der Waals surface area contributed by atoms with Crippen molar-refractivity contribution in [3.05, 3.63) is 83.9 Å². The first-order valence-corrected chi connectivity index (χ1v) is 12.7. The lowest BCUT2D eigenvalue weighted by atomic mass is 9.80. The van der Waals surface area contributed by atoms with Crippen molar-refractivity contribution >= 4 is 17.5 Å². The second-order valence-electron chi connectivity index (χ2n) is 9.95. The number of fused-ring (bicyclic) bond motifs is 3. The number of aromatic amines is 1. The smallest absolute Gasteiger partial charge is 0.251 e. The summed E-state index contributed by atoms with van der Waals surface area (Å²) in [5.41, 5.74) is 2.87. The average Bonchev–Trinajstić information content (AvgIpc) is 3.60. The molecule has 6 rings (SSSR count). The molecule has 0 bridgehead atoms. The molecule has 7 heteroatoms. The fourth-order valence-electron chi connectivity index (χ4n) is 6.34. The average molecular weight is 470 g/mol. The van der Waals surface area contributed by atoms with Crippen molar-refractivity contribution in [2.24, 2.45) is 11.8 Å². The molecule has 1 saturated heterocycles. The van der Waals surface area contributed by atoms with E-state index in [1.54, 1.807) is 6.20 Å². The summed E-state index contributed by atoms with van der Waals surface area (Å²) in [7, 11) is 0. The maximum absolute atomic E-state index is 14.1. The predicted octanol–water partition coefficient (Wildman–Crippen LogP) is 4.45. The number of hydrogen-bond donors (Lipinski definition) is 3. The van der Waals surface area contributed by atoms with E-state index in [0.29, 0.717) is 5.56 Å². The van der Waals surface area contributed by atoms with Crippen molar-refractivity contribution < 1.29 is 9.59 Å². The van der Waals surface area contributed by atoms with Gasteiger partial charge in [-0.25, -0.2) is 4.98 Å². The predicted molar refractivity (Wildman–Crippen MR) is 134 cm³/mol. The van der Waals surface area contributed by atoms with E-state index >= 15 is 0 Å². The van der Waals surface area contributed by atoms with E-state index in [1.807, 2.05) is 42.6 Å². The molecule has 2 fully saturated rings. The monoisotopic (exact) mass is 469 g/mol. The van der Waals surface area contributed by atoms with Crippen LogP contribution in [0.1, 0.15) is 65.9 Å². The Morgan fingerprint density at radius 2 is 1.77 bits per heavy atom. The number of nitrogens with one attached hydrogen (secondary N) is 3. The lowest BCUT2D eigenvalue weighted by Gasteiger charge is -2.41. The topological polar surface area (TPSA) is 90.1 Å². The fraction of sp³-hybridized carbons (Fsp3) is 0.393. The molecule has 35 heavy (non-hydrogen) atoms. The molecule has 3 heterocycles. The molecule has 2 amide bonds. The van der Waals surface area contributed by atoms with Gasteiger partial charge in [0.2, 0.25) is 5.91 Å². The van der Waals surface area contributed by atoms with Crippen LogP contribution in [0.2, 0.25) is 0 Å². The first-order chi connectivity index (χ1) is 17.2. The van der Waals surface area contributed by atoms with Gasteiger partial charge in [0.15, 0.2) is 0 Å². The van der Waals surface area contributed by atoms with Crippen LogP contribution in [0.15, 0.2) is 67.0 Å². The van der Waals surface area contributed by atoms with E-state index in [-0.39, 0.29) is 41.8 Å². The van der Waals surface area contributed by atoms with E-state index in [2.05, 4.69) is 43.7 Å². The molecule has 3 aliphatic rings. The number of hydrogen-bond acceptors (Lipinski definition) is 4. The highest BCUT2D eigenvalue weighted by Crippen LogP contribution is 2.51. The Morgan fingerprint density at radius 3 is 2.60 bits per heavy atom. The summed E-state index contributed by atoms with van der Waals surface area (Å²) in [6.45, 7) is 0.719. The molecule has 0 spiro atoms. The summed E-state index contributed by atoms with van der Waals surface area (Å²) in [6.07, 6.45) is 8.25. The van der Waals surface area contributed by atoms with Gasteiger partial charge in [-0.05, 0) is 43.0 Å². The number of nitrogens with zero attached hydrogens (tertiary/aromatic N) is 2. The highest BCUT2D eigenvalue weighted by Gasteiger charge is 2.49. The van der Waals surface area contributed by atoms with Gasteiger partial charge in [0, 0.05) is 42.1 Å². The summed E-state index contributed by atoms with van der Waals surface area (Å²) in [5, 5.41) is 6.87. The molecular formula is C28H31N5O2. The van der Waals surface area contributed by atoms with E-state index in [9.17, 15) is 9.59 Å². The maximum Gasteiger partial charge on any atom is 0.251 e. The summed E-state index contributed by atoms with van der Waals surface area (Å²) in [5.74, 6) is 1.03. The fourth-order valence-corrected chi connectivity index (χ4v) is 6.34. The van der Waals surface area contributed by atoms with E-state index in [0.717, 1.165) is 50.2 Å². The van der Waals surface area contributed by atoms with Crippen LogP contribution >= 0.6 is 0 Å². The lowest BCUT2D eigenvalue weighted by molar-refractivity contribution is -0.138. The van der Waals surface area contributed by atoms with Gasteiger partial charge in [-0.3, -0.25) is 9.59 Å². The van der Waals surface area contributed by atoms with Crippen LogP contribution in [0.3, 0.4) is 0 Å². The second kappa shape index (κ2) is 9.21. The minimum absolute atomic E-state index is 0.00227. The second-order valence-corrected chi connectivity index (χ2v) is 9.95. The standard InChI is InChI=1S/C28H31N5O2/c34-27(18-8-2-1-3-9-18)32-23-13-7-5-11-20(23)28(35)33-17-14-21-24(26-29-15-16-30-26)31-22-12-6-4-10-19(22)25(21)33/h1-4,6,8-10,12,15-16,20-21,23-25,31H,5,7,11,13-14,17H2,(H,29,30)(H,32,34)/t20-,21-,23+,24+,25-/m0/s1. The number of carbonyl (C=O) groups excluding carboxylic acids is 2. The van der Waals surface area contributed by atoms with Crippen LogP contribution in [0.4, 0.5) is 5.69 Å². The summed E-state index contributed by atoms with van der Waals surface area (Å²) in [4.78, 5) is 36.9. The van der Waals surface area contributed by atoms with Gasteiger partial charge in [0.25, 0.3) is 5.91 Å². The van der Waals surface area contributed by atoms with Crippen LogP contribution in [-0.4, -0.2) is 39.3 Å². The van der Waals surface area contributed by atoms with Crippen molar-refractivity contribution in [1.82, 2.24) is 20.2 Å². The Morgan fingerprint density at radius 1 is 0.971 bits per heavy atom. The largest absolute Gasteiger partial charge is 0.375 e. The molecule has 2 aromatic carbocycles. The van der Waals surface area contributed by atoms with Crippen molar-refractivity contribution in [1.29, 1.82) is 0 Å². The molecule has 180 valence electrons. The Balaban J connectivity index is 1.27. The minimum Gasteiger partial charge on any atom is -0.375 e. The number of benzene rings is 2. The van der Waals surface area contributed by atoms with E-state index in [1.165, 1.54) is 5.56 Å². The summed E-state index contributed by atoms with van der Waals surface area (Å²) in [6, 6.07) is 17.5. The van der Waals surface area contributed by atoms with Crippen LogP contribution in [0.5, 0.6) is 0 Å². The number of likely N-dealkylation sites (tertiary alicyclic amines) is 1. The molecule has 1 saturated carbocycles. The molecule has 5 atom stereocenters. The lowest BCUT2D eigenvalue weighted by Crippen LogP contribution is -2.50. The molecular weight excluding hydrogens is 438 g/mol. The van der Waals surface area contributed by atoms with Gasteiger partial charge in [-0.2, -0.15) is 0 Å². The third kappa shape index (κ3) is 3.99. The molecule has 0 radical (unpaired) electrons. The molecule has 3 aromatic rings. The number of H-pyrrole nitrogens is 1. The SMILES string of the molecule is O=C(N[C@@H]1CCCC[C@@H]1C(=O)N1CC[C@H]2[C@H](c3ncc[nH]3)Nc3ccccc3[C@@H]21)c1ccccc1. The zero-order valence-electron chi connectivity index (χ0n) is 19.7. The number of anilines is 1. The molecule has 2 aliphatic heterocycles. The Labute approximate surface area is 205 Å². The van der Waals surface area contributed by atoms with Gasteiger partial charge < -0.3 is 20.5 Å². The number of para-hydroxylation sites is 1. The first-order valence-electron chi connectivity index (χ1n) is 12.7. The Bertz CT molecular complexity index is 1200. The van der Waals surface area contributed by atoms with Gasteiger partial charge >= 0.3 is 0 Å². The van der Waals surface area contributed by atoms with Crippen LogP contribution in [-0.2, 0) is 4.79 Å². The van der Waals surface area contributed by atoms with Crippen LogP contribution in [0, 0.1) is 11.8 Å². The molecule has 1 aromatic heterocycles. The third-order valence-electron chi connectivity index (χ3n) is 8.00. The Kier molecular flexibility index (Phi) is 5.76. The zero-order valence-corrected chi connectivity index (χ0v) is 19.7. The van der Waals surface area contributed by atoms with Gasteiger partial charge in [-0.15, -0.1) is 0 Å². The zero-order chi connectivity index (χ0) is 23.8. The third-order valence-corrected chi connectivity index (χ3v) is 8.00. The summed E-state index contributed by atoms with van der Waals surface area (Å²) < 4.78 is 0. The van der Waals surface area contributed by atoms with Gasteiger partial charge in [-0.1, -0.05) is 49.2 Å². The number of amides is 2. The number of carbonyl (C=O) groups is 2. The maximum atomic E-state index is 14.1. The number of rotatable bonds is 4. The number of imidazole rings is 1. The normalized spacial score (nSPS) is 27.4. The Hall–Kier alpha value is -3.61. The van der Waals surface area contributed by atoms with Crippen LogP contribution in [0.25, 0.3) is 0 Å². The first kappa shape index (κ1) is 21.9. The van der Waals surface area contributed by atoms with E-state index in [4.69, 9.17) is 0 Å². The van der Waals surface area contributed by atoms with Gasteiger partial charge in [0.05, 0.1) is 18.0 Å². The molecule has 1 aliphatic carbocycles. The van der Waals surface area contributed by atoms with Crippen molar-refractivity contribution in [3.8, 4) is 0 Å². The van der Waals surface area contributed by atoms with Gasteiger partial charge in [0.1, 0.15) is 5.82 Å². The van der Waals surface area contributed by atoms with Crippen molar-refractivity contribution in [3.63, 3.8) is 0 Å². The highest BCUT2D eigenvalue weighted by molar-refractivity contribution is 5.94. The van der Waals surface area contributed by atoms with Crippen molar-refractivity contribution in [2.45, 2.75) is 50.2 Å². The van der Waals surface area contributed by atoms with Crippen LogP contribution < -0.4 is 10.6 Å².